The van der Waals surface area contributed by atoms with Gasteiger partial charge in [0, 0.05) is 0 Å². The number of nitrogens with one attached hydrogen (secondary N) is 1. The molecule has 1 aromatic carbocycles. The predicted octanol–water partition coefficient (Wildman–Crippen LogP) is 0.833. The van der Waals surface area contributed by atoms with Crippen molar-refractivity contribution in [1.29, 1.82) is 0 Å². The van der Waals surface area contributed by atoms with Crippen molar-refractivity contribution in [3.63, 3.8) is 0 Å². The quantitative estimate of drug-likeness (QED) is 0.578. The van der Waals surface area contributed by atoms with E-state index in [0.29, 0.717) is 11.4 Å². The Balaban J connectivity index is 2.54. The van der Waals surface area contributed by atoms with Gasteiger partial charge in [0.15, 0.2) is 0 Å². The van der Waals surface area contributed by atoms with E-state index in [0.717, 1.165) is 0 Å². The van der Waals surface area contributed by atoms with E-state index in [1.165, 1.54) is 0 Å². The zero-order valence-electron chi connectivity index (χ0n) is 6.85. The van der Waals surface area contributed by atoms with Gasteiger partial charge in [-0.2, -0.15) is 4.28 Å². The number of ether oxygens (including phenoxy) is 1. The fraction of sp³-hybridized carbons (Fsp3) is 0.143. The van der Waals surface area contributed by atoms with Gasteiger partial charge < -0.3 is 9.29 Å². The summed E-state index contributed by atoms with van der Waals surface area (Å²) in [6.07, 6.45) is 0. The molecule has 1 N–H and O–H groups in total. The molecule has 0 saturated carbocycles. The van der Waals surface area contributed by atoms with Crippen molar-refractivity contribution in [2.75, 3.05) is 12.6 Å². The minimum absolute atomic E-state index is 0.532. The Morgan fingerprint density at radius 3 is 2.46 bits per heavy atom. The molecule has 0 heterocycles. The molecule has 0 saturated heterocycles. The highest BCUT2D eigenvalue weighted by Gasteiger charge is 1.92. The average Bonchev–Trinajstić information content (AvgIpc) is 2.15. The van der Waals surface area contributed by atoms with Crippen LogP contribution in [0.5, 0.6) is 5.75 Å². The highest BCUT2D eigenvalue weighted by atomic mass is 32.2. The van der Waals surface area contributed by atoms with Crippen LogP contribution >= 0.6 is 0 Å². The summed E-state index contributed by atoms with van der Waals surface area (Å²) < 4.78 is 29.0. The molecule has 0 amide bonds. The molecule has 0 aliphatic rings. The topological polar surface area (TPSA) is 70.6 Å². The van der Waals surface area contributed by atoms with Crippen LogP contribution < -0.4 is 10.2 Å². The fourth-order valence-electron chi connectivity index (χ4n) is 0.741. The van der Waals surface area contributed by atoms with Crippen LogP contribution in [0.3, 0.4) is 0 Å². The largest absolute Gasteiger partial charge is 0.748 e. The predicted molar refractivity (Wildman–Crippen MR) is 46.6 cm³/mol. The summed E-state index contributed by atoms with van der Waals surface area (Å²) in [5, 5.41) is 0. The lowest BCUT2D eigenvalue weighted by Crippen LogP contribution is -2.03. The Hall–Kier alpha value is -1.11. The molecule has 72 valence electrons. The Labute approximate surface area is 78.1 Å². The van der Waals surface area contributed by atoms with Crippen LogP contribution in [0.15, 0.2) is 24.3 Å². The molecular weight excluding hydrogens is 194 g/mol. The SMILES string of the molecule is COc1ccc(NOS(=O)[O-])cc1. The Morgan fingerprint density at radius 1 is 1.38 bits per heavy atom. The standard InChI is InChI=1S/C7H9NO4S/c1-11-7-4-2-6(3-5-7)8-12-13(9)10/h2-5,8H,1H3,(H,9,10)/p-1. The number of methoxy groups -OCH3 is 1. The van der Waals surface area contributed by atoms with Gasteiger partial charge in [0.25, 0.3) is 0 Å². The van der Waals surface area contributed by atoms with Crippen LogP contribution in [0.2, 0.25) is 0 Å². The first-order valence-electron chi connectivity index (χ1n) is 3.39. The minimum Gasteiger partial charge on any atom is -0.748 e. The van der Waals surface area contributed by atoms with Crippen LogP contribution in [-0.4, -0.2) is 15.9 Å². The molecule has 1 atom stereocenters. The molecule has 13 heavy (non-hydrogen) atoms. The van der Waals surface area contributed by atoms with Crippen molar-refractivity contribution in [2.45, 2.75) is 0 Å². The monoisotopic (exact) mass is 202 g/mol. The van der Waals surface area contributed by atoms with E-state index in [1.807, 2.05) is 0 Å². The van der Waals surface area contributed by atoms with E-state index in [1.54, 1.807) is 31.4 Å². The Bertz CT molecular complexity index is 287. The smallest absolute Gasteiger partial charge is 0.119 e. The minimum atomic E-state index is -2.57. The fourth-order valence-corrected chi connectivity index (χ4v) is 0.905. The summed E-state index contributed by atoms with van der Waals surface area (Å²) in [7, 11) is 1.55. The van der Waals surface area contributed by atoms with Crippen molar-refractivity contribution in [1.82, 2.24) is 0 Å². The van der Waals surface area contributed by atoms with Crippen LogP contribution in [0.4, 0.5) is 5.69 Å². The van der Waals surface area contributed by atoms with E-state index >= 15 is 0 Å². The maximum Gasteiger partial charge on any atom is 0.119 e. The summed E-state index contributed by atoms with van der Waals surface area (Å²) >= 11 is -2.57. The van der Waals surface area contributed by atoms with Crippen LogP contribution in [0.25, 0.3) is 0 Å². The third kappa shape index (κ3) is 3.41. The molecule has 0 aliphatic heterocycles. The lowest BCUT2D eigenvalue weighted by atomic mass is 10.3. The van der Waals surface area contributed by atoms with Gasteiger partial charge in [0.05, 0.1) is 12.8 Å². The zero-order valence-corrected chi connectivity index (χ0v) is 7.67. The van der Waals surface area contributed by atoms with E-state index in [2.05, 4.69) is 9.76 Å². The molecule has 0 aliphatic carbocycles. The van der Waals surface area contributed by atoms with Crippen molar-refractivity contribution in [2.24, 2.45) is 0 Å². The Kier molecular flexibility index (Phi) is 3.69. The van der Waals surface area contributed by atoms with Crippen LogP contribution in [-0.2, 0) is 15.6 Å². The first-order chi connectivity index (χ1) is 6.22. The molecule has 0 aromatic heterocycles. The number of benzene rings is 1. The molecule has 0 bridgehead atoms. The van der Waals surface area contributed by atoms with E-state index in [4.69, 9.17) is 4.74 Å². The van der Waals surface area contributed by atoms with Gasteiger partial charge in [-0.3, -0.25) is 5.48 Å². The Morgan fingerprint density at radius 2 is 2.00 bits per heavy atom. The summed E-state index contributed by atoms with van der Waals surface area (Å²) in [4.78, 5) is 0. The first-order valence-corrected chi connectivity index (χ1v) is 4.39. The average molecular weight is 202 g/mol. The van der Waals surface area contributed by atoms with Crippen molar-refractivity contribution >= 4 is 17.0 Å². The van der Waals surface area contributed by atoms with E-state index in [9.17, 15) is 8.76 Å². The lowest BCUT2D eigenvalue weighted by molar-refractivity contribution is 0.362. The van der Waals surface area contributed by atoms with Crippen LogP contribution in [0.1, 0.15) is 0 Å². The number of hydrogen-bond donors (Lipinski definition) is 1. The van der Waals surface area contributed by atoms with Crippen molar-refractivity contribution in [3.05, 3.63) is 24.3 Å². The summed E-state index contributed by atoms with van der Waals surface area (Å²) in [6.45, 7) is 0. The molecule has 0 radical (unpaired) electrons. The summed E-state index contributed by atoms with van der Waals surface area (Å²) in [5.74, 6) is 0.689. The molecule has 6 heteroatoms. The second-order valence-electron chi connectivity index (χ2n) is 2.12. The van der Waals surface area contributed by atoms with E-state index in [-0.39, 0.29) is 0 Å². The molecule has 1 unspecified atom stereocenters. The maximum absolute atomic E-state index is 9.99. The number of rotatable bonds is 4. The second kappa shape index (κ2) is 4.80. The third-order valence-electron chi connectivity index (χ3n) is 1.32. The van der Waals surface area contributed by atoms with Crippen molar-refractivity contribution < 1.29 is 17.8 Å². The maximum atomic E-state index is 9.99. The van der Waals surface area contributed by atoms with Gasteiger partial charge in [-0.15, -0.1) is 0 Å². The highest BCUT2D eigenvalue weighted by Crippen LogP contribution is 2.14. The second-order valence-corrected chi connectivity index (χ2v) is 2.69. The van der Waals surface area contributed by atoms with E-state index < -0.39 is 11.4 Å². The third-order valence-corrected chi connectivity index (χ3v) is 1.54. The molecule has 0 spiro atoms. The normalized spacial score (nSPS) is 12.2. The van der Waals surface area contributed by atoms with Crippen molar-refractivity contribution in [3.8, 4) is 5.75 Å². The molecule has 5 nitrogen and oxygen atoms in total. The van der Waals surface area contributed by atoms with Gasteiger partial charge in [-0.1, -0.05) is 0 Å². The highest BCUT2D eigenvalue weighted by molar-refractivity contribution is 7.74. The van der Waals surface area contributed by atoms with Crippen LogP contribution in [0, 0.1) is 0 Å². The zero-order chi connectivity index (χ0) is 9.68. The first kappa shape index (κ1) is 9.97. The molecule has 1 aromatic rings. The molecule has 1 rings (SSSR count). The van der Waals surface area contributed by atoms with Gasteiger partial charge in [0.1, 0.15) is 17.1 Å². The summed E-state index contributed by atoms with van der Waals surface area (Å²) in [5.41, 5.74) is 2.76. The number of anilines is 1. The number of hydrogen-bond acceptors (Lipinski definition) is 5. The van der Waals surface area contributed by atoms with Gasteiger partial charge in [0.2, 0.25) is 0 Å². The lowest BCUT2D eigenvalue weighted by Gasteiger charge is -2.07. The van der Waals surface area contributed by atoms with Gasteiger partial charge in [-0.25, -0.2) is 4.21 Å². The molecule has 0 fully saturated rings. The van der Waals surface area contributed by atoms with Gasteiger partial charge >= 0.3 is 0 Å². The van der Waals surface area contributed by atoms with Gasteiger partial charge in [-0.05, 0) is 24.3 Å². The summed E-state index contributed by atoms with van der Waals surface area (Å²) in [6, 6.07) is 6.62. The molecular formula is C7H8NO4S-.